The second-order valence-corrected chi connectivity index (χ2v) is 6.02. The molecule has 0 aliphatic heterocycles. The molecule has 4 heteroatoms. The summed E-state index contributed by atoms with van der Waals surface area (Å²) in [6, 6.07) is 6.42. The number of nitrogens with one attached hydrogen (secondary N) is 1. The van der Waals surface area contributed by atoms with Gasteiger partial charge >= 0.3 is 0 Å². The van der Waals surface area contributed by atoms with Crippen LogP contribution in [0.5, 0.6) is 0 Å². The molecular weight excluding hydrogens is 245 g/mol. The molecule has 0 spiro atoms. The first-order chi connectivity index (χ1) is 8.89. The average molecular weight is 265 g/mol. The van der Waals surface area contributed by atoms with Crippen molar-refractivity contribution in [2.75, 3.05) is 13.2 Å². The summed E-state index contributed by atoms with van der Waals surface area (Å²) in [6.07, 6.45) is 1.49. The maximum absolute atomic E-state index is 13.2. The lowest BCUT2D eigenvalue weighted by molar-refractivity contribution is -0.127. The normalized spacial score (nSPS) is 17.1. The van der Waals surface area contributed by atoms with Crippen LogP contribution in [0.3, 0.4) is 0 Å². The van der Waals surface area contributed by atoms with E-state index >= 15 is 0 Å². The number of benzene rings is 1. The maximum Gasteiger partial charge on any atom is 0.228 e. The van der Waals surface area contributed by atoms with Crippen LogP contribution in [0.25, 0.3) is 0 Å². The Bertz CT molecular complexity index is 481. The molecular formula is C15H20FNO2. The average Bonchev–Trinajstić information content (AvgIpc) is 3.17. The lowest BCUT2D eigenvalue weighted by Gasteiger charge is -2.26. The molecule has 1 fully saturated rings. The summed E-state index contributed by atoms with van der Waals surface area (Å²) in [7, 11) is 0. The molecule has 0 bridgehead atoms. The van der Waals surface area contributed by atoms with Gasteiger partial charge in [0.2, 0.25) is 5.91 Å². The molecule has 0 radical (unpaired) electrons. The molecule has 0 unspecified atom stereocenters. The van der Waals surface area contributed by atoms with E-state index in [0.29, 0.717) is 6.54 Å². The van der Waals surface area contributed by atoms with Gasteiger partial charge in [-0.3, -0.25) is 4.79 Å². The van der Waals surface area contributed by atoms with E-state index in [4.69, 9.17) is 0 Å². The third-order valence-electron chi connectivity index (χ3n) is 3.93. The fraction of sp³-hybridized carbons (Fsp3) is 0.533. The van der Waals surface area contributed by atoms with Gasteiger partial charge in [-0.1, -0.05) is 26.0 Å². The Morgan fingerprint density at radius 1 is 1.47 bits per heavy atom. The zero-order valence-corrected chi connectivity index (χ0v) is 11.4. The fourth-order valence-corrected chi connectivity index (χ4v) is 2.11. The number of aliphatic hydroxyl groups excluding tert-OH is 1. The molecule has 1 aromatic rings. The van der Waals surface area contributed by atoms with Crippen molar-refractivity contribution in [3.8, 4) is 0 Å². The van der Waals surface area contributed by atoms with E-state index in [1.54, 1.807) is 6.07 Å². The smallest absolute Gasteiger partial charge is 0.228 e. The number of aliphatic hydroxyl groups is 1. The molecule has 3 nitrogen and oxygen atoms in total. The van der Waals surface area contributed by atoms with Crippen LogP contribution >= 0.6 is 0 Å². The fourth-order valence-electron chi connectivity index (χ4n) is 2.11. The van der Waals surface area contributed by atoms with Gasteiger partial charge < -0.3 is 10.4 Å². The first-order valence-electron chi connectivity index (χ1n) is 6.55. The molecule has 1 aromatic carbocycles. The molecule has 0 saturated heterocycles. The third-order valence-corrected chi connectivity index (χ3v) is 3.93. The summed E-state index contributed by atoms with van der Waals surface area (Å²) in [5.41, 5.74) is -0.0527. The van der Waals surface area contributed by atoms with Gasteiger partial charge in [0.25, 0.3) is 0 Å². The zero-order chi connectivity index (χ0) is 14.1. The summed E-state index contributed by atoms with van der Waals surface area (Å²) in [6.45, 7) is 4.25. The van der Waals surface area contributed by atoms with Crippen molar-refractivity contribution in [3.63, 3.8) is 0 Å². The van der Waals surface area contributed by atoms with Crippen LogP contribution in [-0.4, -0.2) is 24.2 Å². The number of hydrogen-bond acceptors (Lipinski definition) is 2. The van der Waals surface area contributed by atoms with E-state index in [-0.39, 0.29) is 23.7 Å². The molecule has 1 amide bonds. The first-order valence-corrected chi connectivity index (χ1v) is 6.55. The van der Waals surface area contributed by atoms with Crippen molar-refractivity contribution in [1.29, 1.82) is 0 Å². The van der Waals surface area contributed by atoms with Gasteiger partial charge in [-0.05, 0) is 30.5 Å². The van der Waals surface area contributed by atoms with E-state index in [2.05, 4.69) is 5.32 Å². The van der Waals surface area contributed by atoms with Crippen molar-refractivity contribution in [2.24, 2.45) is 5.41 Å². The highest BCUT2D eigenvalue weighted by molar-refractivity contribution is 5.85. The minimum absolute atomic E-state index is 0.0977. The van der Waals surface area contributed by atoms with E-state index < -0.39 is 5.41 Å². The van der Waals surface area contributed by atoms with Crippen LogP contribution in [0.1, 0.15) is 32.3 Å². The number of rotatable bonds is 5. The predicted octanol–water partition coefficient (Wildman–Crippen LogP) is 1.99. The molecule has 1 saturated carbocycles. The molecule has 1 aliphatic rings. The highest BCUT2D eigenvalue weighted by Gasteiger charge is 2.49. The van der Waals surface area contributed by atoms with Gasteiger partial charge in [0.1, 0.15) is 5.82 Å². The van der Waals surface area contributed by atoms with E-state index in [9.17, 15) is 14.3 Å². The van der Waals surface area contributed by atoms with Crippen molar-refractivity contribution >= 4 is 5.91 Å². The van der Waals surface area contributed by atoms with Gasteiger partial charge in [0, 0.05) is 12.0 Å². The summed E-state index contributed by atoms with van der Waals surface area (Å²) in [5.74, 6) is -0.370. The lowest BCUT2D eigenvalue weighted by Crippen LogP contribution is -2.41. The van der Waals surface area contributed by atoms with Crippen LogP contribution in [-0.2, 0) is 10.2 Å². The largest absolute Gasteiger partial charge is 0.395 e. The van der Waals surface area contributed by atoms with E-state index in [1.807, 2.05) is 19.9 Å². The van der Waals surface area contributed by atoms with Gasteiger partial charge in [0.15, 0.2) is 0 Å². The summed E-state index contributed by atoms with van der Waals surface area (Å²) in [5, 5.41) is 12.1. The monoisotopic (exact) mass is 265 g/mol. The topological polar surface area (TPSA) is 49.3 Å². The molecule has 2 N–H and O–H groups in total. The number of amides is 1. The molecule has 2 rings (SSSR count). The van der Waals surface area contributed by atoms with Crippen LogP contribution in [0, 0.1) is 11.2 Å². The van der Waals surface area contributed by atoms with E-state index in [0.717, 1.165) is 18.4 Å². The Labute approximate surface area is 112 Å². The van der Waals surface area contributed by atoms with Crippen molar-refractivity contribution in [1.82, 2.24) is 5.32 Å². The molecule has 0 heterocycles. The van der Waals surface area contributed by atoms with E-state index in [1.165, 1.54) is 12.1 Å². The van der Waals surface area contributed by atoms with Crippen LogP contribution in [0.15, 0.2) is 24.3 Å². The zero-order valence-electron chi connectivity index (χ0n) is 11.4. The highest BCUT2D eigenvalue weighted by atomic mass is 19.1. The summed E-state index contributed by atoms with van der Waals surface area (Å²) in [4.78, 5) is 12.0. The Morgan fingerprint density at radius 2 is 2.16 bits per heavy atom. The standard InChI is InChI=1S/C15H20FNO2/c1-14(2,11-4-3-5-12(16)8-11)9-17-13(19)15(10-18)6-7-15/h3-5,8,18H,6-7,9-10H2,1-2H3,(H,17,19). The quantitative estimate of drug-likeness (QED) is 0.855. The van der Waals surface area contributed by atoms with Crippen molar-refractivity contribution < 1.29 is 14.3 Å². The predicted molar refractivity (Wildman–Crippen MR) is 71.2 cm³/mol. The van der Waals surface area contributed by atoms with Crippen LogP contribution in [0.4, 0.5) is 4.39 Å². The van der Waals surface area contributed by atoms with Gasteiger partial charge in [0.05, 0.1) is 12.0 Å². The SMILES string of the molecule is CC(C)(CNC(=O)C1(CO)CC1)c1cccc(F)c1. The number of halogens is 1. The minimum atomic E-state index is -0.558. The Balaban J connectivity index is 2.00. The lowest BCUT2D eigenvalue weighted by atomic mass is 9.84. The molecule has 104 valence electrons. The third kappa shape index (κ3) is 2.95. The number of hydrogen-bond donors (Lipinski definition) is 2. The van der Waals surface area contributed by atoms with Gasteiger partial charge in [-0.25, -0.2) is 4.39 Å². The van der Waals surface area contributed by atoms with Crippen LogP contribution in [0.2, 0.25) is 0 Å². The maximum atomic E-state index is 13.2. The molecule has 1 aliphatic carbocycles. The molecule has 0 atom stereocenters. The van der Waals surface area contributed by atoms with Crippen molar-refractivity contribution in [2.45, 2.75) is 32.1 Å². The minimum Gasteiger partial charge on any atom is -0.395 e. The summed E-state index contributed by atoms with van der Waals surface area (Å²) >= 11 is 0. The second kappa shape index (κ2) is 4.93. The Morgan fingerprint density at radius 3 is 2.68 bits per heavy atom. The molecule has 19 heavy (non-hydrogen) atoms. The number of carbonyl (C=O) groups is 1. The summed E-state index contributed by atoms with van der Waals surface area (Å²) < 4.78 is 13.2. The van der Waals surface area contributed by atoms with Crippen LogP contribution < -0.4 is 5.32 Å². The Kier molecular flexibility index (Phi) is 3.63. The van der Waals surface area contributed by atoms with Gasteiger partial charge in [-0.2, -0.15) is 0 Å². The molecule has 0 aromatic heterocycles. The van der Waals surface area contributed by atoms with Gasteiger partial charge in [-0.15, -0.1) is 0 Å². The second-order valence-electron chi connectivity index (χ2n) is 6.02. The highest BCUT2D eigenvalue weighted by Crippen LogP contribution is 2.45. The Hall–Kier alpha value is -1.42. The number of carbonyl (C=O) groups excluding carboxylic acids is 1. The van der Waals surface area contributed by atoms with Crippen molar-refractivity contribution in [3.05, 3.63) is 35.6 Å². The first kappa shape index (κ1) is 14.0.